The smallest absolute Gasteiger partial charge is 0.125 e. The predicted molar refractivity (Wildman–Crippen MR) is 102 cm³/mol. The summed E-state index contributed by atoms with van der Waals surface area (Å²) in [5.41, 5.74) is 3.78. The lowest BCUT2D eigenvalue weighted by molar-refractivity contribution is 0.0691. The van der Waals surface area contributed by atoms with E-state index in [-0.39, 0.29) is 6.04 Å². The third kappa shape index (κ3) is 2.78. The monoisotopic (exact) mass is 350 g/mol. The predicted octanol–water partition coefficient (Wildman–Crippen LogP) is 3.36. The Balaban J connectivity index is 1.56. The second kappa shape index (κ2) is 6.60. The van der Waals surface area contributed by atoms with Gasteiger partial charge in [0.25, 0.3) is 0 Å². The quantitative estimate of drug-likeness (QED) is 0.920. The van der Waals surface area contributed by atoms with Gasteiger partial charge in [-0.05, 0) is 61.2 Å². The highest BCUT2D eigenvalue weighted by Crippen LogP contribution is 2.39. The molecule has 0 aromatic heterocycles. The van der Waals surface area contributed by atoms with E-state index in [0.29, 0.717) is 12.6 Å². The van der Waals surface area contributed by atoms with E-state index in [1.807, 2.05) is 12.1 Å². The summed E-state index contributed by atoms with van der Waals surface area (Å²) in [4.78, 5) is 2.60. The molecule has 3 saturated heterocycles. The number of fused-ring (bicyclic) bond motifs is 5. The summed E-state index contributed by atoms with van der Waals surface area (Å²) in [7, 11) is 1.73. The SMILES string of the molecule is COc1ccc2c(c1)C(NC1CN3CCC1CC3)c1ccccc1CO2. The van der Waals surface area contributed by atoms with E-state index in [9.17, 15) is 0 Å². The number of nitrogens with one attached hydrogen (secondary N) is 1. The third-order valence-corrected chi connectivity index (χ3v) is 6.31. The van der Waals surface area contributed by atoms with Crippen molar-refractivity contribution in [1.82, 2.24) is 10.2 Å². The highest BCUT2D eigenvalue weighted by molar-refractivity contribution is 5.49. The number of benzene rings is 2. The zero-order valence-electron chi connectivity index (χ0n) is 15.3. The molecule has 0 amide bonds. The van der Waals surface area contributed by atoms with Gasteiger partial charge in [-0.15, -0.1) is 0 Å². The maximum absolute atomic E-state index is 6.15. The Morgan fingerprint density at radius 1 is 1.08 bits per heavy atom. The molecule has 2 atom stereocenters. The maximum Gasteiger partial charge on any atom is 0.125 e. The molecule has 4 heterocycles. The fourth-order valence-electron chi connectivity index (χ4n) is 4.83. The summed E-state index contributed by atoms with van der Waals surface area (Å²) in [6, 6.07) is 15.5. The number of rotatable bonds is 3. The van der Waals surface area contributed by atoms with Crippen molar-refractivity contribution in [2.75, 3.05) is 26.7 Å². The van der Waals surface area contributed by atoms with E-state index in [1.54, 1.807) is 7.11 Å². The molecule has 0 aliphatic carbocycles. The molecule has 26 heavy (non-hydrogen) atoms. The average Bonchev–Trinajstić information content (AvgIpc) is 2.86. The van der Waals surface area contributed by atoms with Gasteiger partial charge in [-0.25, -0.2) is 0 Å². The van der Waals surface area contributed by atoms with Crippen LogP contribution in [0.5, 0.6) is 11.5 Å². The van der Waals surface area contributed by atoms with Gasteiger partial charge in [0.15, 0.2) is 0 Å². The van der Waals surface area contributed by atoms with Crippen molar-refractivity contribution in [3.8, 4) is 11.5 Å². The Hall–Kier alpha value is -2.04. The Labute approximate surface area is 155 Å². The van der Waals surface area contributed by atoms with E-state index >= 15 is 0 Å². The molecular weight excluding hydrogens is 324 g/mol. The van der Waals surface area contributed by atoms with Gasteiger partial charge in [-0.3, -0.25) is 0 Å². The van der Waals surface area contributed by atoms with E-state index in [1.165, 1.54) is 42.6 Å². The van der Waals surface area contributed by atoms with E-state index in [4.69, 9.17) is 9.47 Å². The normalized spacial score (nSPS) is 29.3. The van der Waals surface area contributed by atoms with Crippen molar-refractivity contribution in [2.45, 2.75) is 31.5 Å². The van der Waals surface area contributed by atoms with Crippen molar-refractivity contribution in [1.29, 1.82) is 0 Å². The maximum atomic E-state index is 6.15. The fourth-order valence-corrected chi connectivity index (χ4v) is 4.83. The van der Waals surface area contributed by atoms with Crippen LogP contribution in [-0.2, 0) is 6.61 Å². The molecule has 136 valence electrons. The minimum absolute atomic E-state index is 0.143. The van der Waals surface area contributed by atoms with Crippen molar-refractivity contribution < 1.29 is 9.47 Å². The number of hydrogen-bond acceptors (Lipinski definition) is 4. The number of nitrogens with zero attached hydrogens (tertiary/aromatic N) is 1. The first-order chi connectivity index (χ1) is 12.8. The molecule has 4 heteroatoms. The number of piperidine rings is 3. The molecule has 4 aliphatic heterocycles. The Kier molecular flexibility index (Phi) is 4.10. The second-order valence-electron chi connectivity index (χ2n) is 7.74. The van der Waals surface area contributed by atoms with Gasteiger partial charge < -0.3 is 19.7 Å². The molecule has 2 bridgehead atoms. The summed E-state index contributed by atoms with van der Waals surface area (Å²) in [6.45, 7) is 4.30. The minimum Gasteiger partial charge on any atom is -0.497 e. The van der Waals surface area contributed by atoms with Crippen LogP contribution in [0, 0.1) is 5.92 Å². The van der Waals surface area contributed by atoms with Crippen LogP contribution < -0.4 is 14.8 Å². The third-order valence-electron chi connectivity index (χ3n) is 6.31. The van der Waals surface area contributed by atoms with Gasteiger partial charge >= 0.3 is 0 Å². The number of ether oxygens (including phenoxy) is 2. The average molecular weight is 350 g/mol. The van der Waals surface area contributed by atoms with Gasteiger partial charge in [0, 0.05) is 18.2 Å². The summed E-state index contributed by atoms with van der Waals surface area (Å²) in [6.07, 6.45) is 2.63. The van der Waals surface area contributed by atoms with Crippen LogP contribution in [0.4, 0.5) is 0 Å². The Morgan fingerprint density at radius 2 is 1.92 bits per heavy atom. The number of methoxy groups -OCH3 is 1. The lowest BCUT2D eigenvalue weighted by Crippen LogP contribution is -2.56. The van der Waals surface area contributed by atoms with Gasteiger partial charge in [-0.2, -0.15) is 0 Å². The lowest BCUT2D eigenvalue weighted by Gasteiger charge is -2.46. The topological polar surface area (TPSA) is 33.7 Å². The van der Waals surface area contributed by atoms with Crippen LogP contribution in [-0.4, -0.2) is 37.7 Å². The molecule has 6 rings (SSSR count). The van der Waals surface area contributed by atoms with E-state index in [0.717, 1.165) is 24.0 Å². The largest absolute Gasteiger partial charge is 0.497 e. The first kappa shape index (κ1) is 16.2. The standard InChI is InChI=1S/C22H26N2O2/c1-25-17-6-7-21-19(12-17)22(18-5-3-2-4-16(18)14-26-21)23-20-13-24-10-8-15(20)9-11-24/h2-7,12,15,20,22-23H,8-11,13-14H2,1H3. The zero-order valence-corrected chi connectivity index (χ0v) is 15.3. The van der Waals surface area contributed by atoms with Crippen LogP contribution in [0.25, 0.3) is 0 Å². The van der Waals surface area contributed by atoms with Crippen LogP contribution in [0.15, 0.2) is 42.5 Å². The molecular formula is C22H26N2O2. The van der Waals surface area contributed by atoms with Crippen molar-refractivity contribution in [2.24, 2.45) is 5.92 Å². The summed E-state index contributed by atoms with van der Waals surface area (Å²) in [5.74, 6) is 2.62. The van der Waals surface area contributed by atoms with Crippen LogP contribution in [0.3, 0.4) is 0 Å². The molecule has 0 spiro atoms. The molecule has 3 fully saturated rings. The van der Waals surface area contributed by atoms with Gasteiger partial charge in [-0.1, -0.05) is 24.3 Å². The Morgan fingerprint density at radius 3 is 2.69 bits per heavy atom. The fraction of sp³-hybridized carbons (Fsp3) is 0.455. The molecule has 0 radical (unpaired) electrons. The molecule has 4 aliphatic rings. The molecule has 2 aromatic rings. The molecule has 4 nitrogen and oxygen atoms in total. The van der Waals surface area contributed by atoms with Crippen LogP contribution in [0.1, 0.15) is 35.6 Å². The number of hydrogen-bond donors (Lipinski definition) is 1. The second-order valence-corrected chi connectivity index (χ2v) is 7.74. The van der Waals surface area contributed by atoms with E-state index in [2.05, 4.69) is 40.5 Å². The highest BCUT2D eigenvalue weighted by Gasteiger charge is 2.36. The van der Waals surface area contributed by atoms with Crippen molar-refractivity contribution in [3.05, 3.63) is 59.2 Å². The summed E-state index contributed by atoms with van der Waals surface area (Å²) >= 11 is 0. The minimum atomic E-state index is 0.143. The molecule has 2 unspecified atom stereocenters. The Bertz CT molecular complexity index is 798. The first-order valence-electron chi connectivity index (χ1n) is 9.69. The van der Waals surface area contributed by atoms with Gasteiger partial charge in [0.1, 0.15) is 18.1 Å². The summed E-state index contributed by atoms with van der Waals surface area (Å²) < 4.78 is 11.7. The van der Waals surface area contributed by atoms with Crippen LogP contribution >= 0.6 is 0 Å². The molecule has 1 N–H and O–H groups in total. The highest BCUT2D eigenvalue weighted by atomic mass is 16.5. The first-order valence-corrected chi connectivity index (χ1v) is 9.69. The van der Waals surface area contributed by atoms with Crippen molar-refractivity contribution >= 4 is 0 Å². The van der Waals surface area contributed by atoms with Crippen molar-refractivity contribution in [3.63, 3.8) is 0 Å². The summed E-state index contributed by atoms with van der Waals surface area (Å²) in [5, 5.41) is 4.02. The molecule has 2 aromatic carbocycles. The molecule has 0 saturated carbocycles. The van der Waals surface area contributed by atoms with Crippen LogP contribution in [0.2, 0.25) is 0 Å². The van der Waals surface area contributed by atoms with Gasteiger partial charge in [0.2, 0.25) is 0 Å². The van der Waals surface area contributed by atoms with Gasteiger partial charge in [0.05, 0.1) is 13.2 Å². The lowest BCUT2D eigenvalue weighted by atomic mass is 9.82. The van der Waals surface area contributed by atoms with E-state index < -0.39 is 0 Å². The zero-order chi connectivity index (χ0) is 17.5.